The Balaban J connectivity index is 1.89. The molecule has 1 unspecified atom stereocenters. The zero-order valence-electron chi connectivity index (χ0n) is 12.7. The van der Waals surface area contributed by atoms with Gasteiger partial charge in [0.25, 0.3) is 0 Å². The number of para-hydroxylation sites is 1. The van der Waals surface area contributed by atoms with Gasteiger partial charge in [-0.1, -0.05) is 18.2 Å². The lowest BCUT2D eigenvalue weighted by Crippen LogP contribution is -2.45. The summed E-state index contributed by atoms with van der Waals surface area (Å²) >= 11 is 0. The van der Waals surface area contributed by atoms with Gasteiger partial charge in [-0.25, -0.2) is 0 Å². The molecule has 1 amide bonds. The zero-order valence-corrected chi connectivity index (χ0v) is 12.7. The maximum atomic E-state index is 12.3. The van der Waals surface area contributed by atoms with Crippen molar-refractivity contribution >= 4 is 11.6 Å². The van der Waals surface area contributed by atoms with Gasteiger partial charge in [-0.3, -0.25) is 9.69 Å². The van der Waals surface area contributed by atoms with E-state index in [-0.39, 0.29) is 18.1 Å². The molecule has 1 aromatic rings. The van der Waals surface area contributed by atoms with Crippen molar-refractivity contribution < 1.29 is 9.90 Å². The molecule has 0 spiro atoms. The molecule has 1 atom stereocenters. The maximum absolute atomic E-state index is 12.3. The molecule has 21 heavy (non-hydrogen) atoms. The molecule has 0 radical (unpaired) electrons. The molecule has 0 saturated heterocycles. The number of nitrogens with one attached hydrogen (secondary N) is 1. The van der Waals surface area contributed by atoms with Crippen LogP contribution in [0.15, 0.2) is 24.3 Å². The summed E-state index contributed by atoms with van der Waals surface area (Å²) in [5.41, 5.74) is 7.40. The van der Waals surface area contributed by atoms with Crippen LogP contribution in [0.1, 0.15) is 25.3 Å². The number of carbonyl (C=O) groups is 1. The lowest BCUT2D eigenvalue weighted by molar-refractivity contribution is -0.120. The molecule has 1 aliphatic rings. The summed E-state index contributed by atoms with van der Waals surface area (Å²) in [4.78, 5) is 14.4. The van der Waals surface area contributed by atoms with E-state index in [0.717, 1.165) is 30.6 Å². The third-order valence-corrected chi connectivity index (χ3v) is 4.29. The van der Waals surface area contributed by atoms with Gasteiger partial charge in [0.05, 0.1) is 12.1 Å². The summed E-state index contributed by atoms with van der Waals surface area (Å²) in [6.07, 6.45) is 1.53. The lowest BCUT2D eigenvalue weighted by Gasteiger charge is -2.36. The number of hydrogen-bond acceptors (Lipinski definition) is 4. The van der Waals surface area contributed by atoms with E-state index < -0.39 is 0 Å². The number of likely N-dealkylation sites (N-methyl/N-ethyl adjacent to an activating group) is 1. The van der Waals surface area contributed by atoms with E-state index in [0.29, 0.717) is 12.5 Å². The van der Waals surface area contributed by atoms with Crippen molar-refractivity contribution in [3.8, 4) is 0 Å². The quantitative estimate of drug-likeness (QED) is 0.735. The van der Waals surface area contributed by atoms with Crippen LogP contribution in [0.25, 0.3) is 0 Å². The SMILES string of the molecule is CC(C(=O)Nc1ccccc1CN)N(C)CC1CC(O)C1. The van der Waals surface area contributed by atoms with E-state index in [4.69, 9.17) is 5.73 Å². The summed E-state index contributed by atoms with van der Waals surface area (Å²) < 4.78 is 0. The van der Waals surface area contributed by atoms with Crippen LogP contribution in [0.2, 0.25) is 0 Å². The smallest absolute Gasteiger partial charge is 0.241 e. The van der Waals surface area contributed by atoms with E-state index in [9.17, 15) is 9.90 Å². The van der Waals surface area contributed by atoms with Crippen molar-refractivity contribution in [3.05, 3.63) is 29.8 Å². The van der Waals surface area contributed by atoms with Crippen LogP contribution in [-0.4, -0.2) is 41.7 Å². The van der Waals surface area contributed by atoms with Crippen molar-refractivity contribution in [3.63, 3.8) is 0 Å². The summed E-state index contributed by atoms with van der Waals surface area (Å²) in [7, 11) is 1.95. The molecule has 1 fully saturated rings. The Morgan fingerprint density at radius 1 is 1.48 bits per heavy atom. The van der Waals surface area contributed by atoms with Gasteiger partial charge >= 0.3 is 0 Å². The van der Waals surface area contributed by atoms with Gasteiger partial charge in [0, 0.05) is 18.8 Å². The monoisotopic (exact) mass is 291 g/mol. The van der Waals surface area contributed by atoms with Gasteiger partial charge in [-0.05, 0) is 44.4 Å². The molecule has 1 aliphatic carbocycles. The van der Waals surface area contributed by atoms with E-state index >= 15 is 0 Å². The zero-order chi connectivity index (χ0) is 15.4. The molecular weight excluding hydrogens is 266 g/mol. The predicted octanol–water partition coefficient (Wildman–Crippen LogP) is 1.17. The average molecular weight is 291 g/mol. The summed E-state index contributed by atoms with van der Waals surface area (Å²) in [5, 5.41) is 12.3. The molecule has 0 aromatic heterocycles. The highest BCUT2D eigenvalue weighted by Crippen LogP contribution is 2.28. The second kappa shape index (κ2) is 7.02. The highest BCUT2D eigenvalue weighted by molar-refractivity contribution is 5.95. The number of anilines is 1. The standard InChI is InChI=1S/C16H25N3O2/c1-11(19(2)10-12-7-14(20)8-12)16(21)18-15-6-4-3-5-13(15)9-17/h3-6,11-12,14,20H,7-10,17H2,1-2H3,(H,18,21). The van der Waals surface area contributed by atoms with E-state index in [2.05, 4.69) is 5.32 Å². The fraction of sp³-hybridized carbons (Fsp3) is 0.562. The number of hydrogen-bond donors (Lipinski definition) is 3. The van der Waals surface area contributed by atoms with Crippen LogP contribution in [-0.2, 0) is 11.3 Å². The minimum Gasteiger partial charge on any atom is -0.393 e. The fourth-order valence-corrected chi connectivity index (χ4v) is 2.67. The number of aliphatic hydroxyl groups excluding tert-OH is 1. The molecule has 0 bridgehead atoms. The summed E-state index contributed by atoms with van der Waals surface area (Å²) in [5.74, 6) is 0.467. The van der Waals surface area contributed by atoms with Crippen molar-refractivity contribution in [2.75, 3.05) is 18.9 Å². The number of nitrogens with zero attached hydrogens (tertiary/aromatic N) is 1. The second-order valence-electron chi connectivity index (χ2n) is 5.96. The molecule has 1 aromatic carbocycles. The van der Waals surface area contributed by atoms with Crippen molar-refractivity contribution in [2.24, 2.45) is 11.7 Å². The van der Waals surface area contributed by atoms with Gasteiger partial charge in [-0.2, -0.15) is 0 Å². The predicted molar refractivity (Wildman–Crippen MR) is 83.8 cm³/mol. The van der Waals surface area contributed by atoms with Crippen molar-refractivity contribution in [1.29, 1.82) is 0 Å². The van der Waals surface area contributed by atoms with Crippen LogP contribution in [0.3, 0.4) is 0 Å². The molecule has 1 saturated carbocycles. The first kappa shape index (κ1) is 15.9. The number of carbonyl (C=O) groups excluding carboxylic acids is 1. The number of amides is 1. The molecule has 0 heterocycles. The first-order valence-corrected chi connectivity index (χ1v) is 7.48. The Morgan fingerprint density at radius 3 is 2.76 bits per heavy atom. The van der Waals surface area contributed by atoms with E-state index in [1.165, 1.54) is 0 Å². The minimum atomic E-state index is -0.214. The maximum Gasteiger partial charge on any atom is 0.241 e. The third-order valence-electron chi connectivity index (χ3n) is 4.29. The molecule has 0 aliphatic heterocycles. The highest BCUT2D eigenvalue weighted by Gasteiger charge is 2.30. The highest BCUT2D eigenvalue weighted by atomic mass is 16.3. The Labute approximate surface area is 126 Å². The first-order valence-electron chi connectivity index (χ1n) is 7.48. The van der Waals surface area contributed by atoms with Crippen LogP contribution >= 0.6 is 0 Å². The Hall–Kier alpha value is -1.43. The van der Waals surface area contributed by atoms with Gasteiger partial charge in [0.15, 0.2) is 0 Å². The molecule has 4 N–H and O–H groups in total. The second-order valence-corrected chi connectivity index (χ2v) is 5.96. The lowest BCUT2D eigenvalue weighted by atomic mass is 9.82. The fourth-order valence-electron chi connectivity index (χ4n) is 2.67. The minimum absolute atomic E-state index is 0.0294. The largest absolute Gasteiger partial charge is 0.393 e. The van der Waals surface area contributed by atoms with E-state index in [1.807, 2.05) is 43.1 Å². The number of rotatable bonds is 6. The molecular formula is C16H25N3O2. The third kappa shape index (κ3) is 4.03. The molecule has 5 heteroatoms. The topological polar surface area (TPSA) is 78.6 Å². The Morgan fingerprint density at radius 2 is 2.14 bits per heavy atom. The number of benzene rings is 1. The molecule has 116 valence electrons. The van der Waals surface area contributed by atoms with Gasteiger partial charge in [0.2, 0.25) is 5.91 Å². The van der Waals surface area contributed by atoms with Crippen LogP contribution < -0.4 is 11.1 Å². The molecule has 5 nitrogen and oxygen atoms in total. The summed E-state index contributed by atoms with van der Waals surface area (Å²) in [6, 6.07) is 7.37. The first-order chi connectivity index (χ1) is 10.0. The van der Waals surface area contributed by atoms with Crippen LogP contribution in [0.5, 0.6) is 0 Å². The Kier molecular flexibility index (Phi) is 5.33. The average Bonchev–Trinajstić information content (AvgIpc) is 2.45. The van der Waals surface area contributed by atoms with Crippen LogP contribution in [0.4, 0.5) is 5.69 Å². The van der Waals surface area contributed by atoms with Crippen molar-refractivity contribution in [2.45, 2.75) is 38.5 Å². The number of nitrogens with two attached hydrogens (primary N) is 1. The van der Waals surface area contributed by atoms with Gasteiger partial charge < -0.3 is 16.2 Å². The normalized spacial score (nSPS) is 22.7. The van der Waals surface area contributed by atoms with Gasteiger partial charge in [0.1, 0.15) is 0 Å². The molecule has 2 rings (SSSR count). The Bertz CT molecular complexity index is 486. The van der Waals surface area contributed by atoms with Crippen molar-refractivity contribution in [1.82, 2.24) is 4.90 Å². The summed E-state index contributed by atoms with van der Waals surface area (Å²) in [6.45, 7) is 3.14. The van der Waals surface area contributed by atoms with Gasteiger partial charge in [-0.15, -0.1) is 0 Å². The van der Waals surface area contributed by atoms with E-state index in [1.54, 1.807) is 0 Å². The number of aliphatic hydroxyl groups is 1. The van der Waals surface area contributed by atoms with Crippen LogP contribution in [0, 0.1) is 5.92 Å².